The lowest BCUT2D eigenvalue weighted by Crippen LogP contribution is -2.10. The lowest BCUT2D eigenvalue weighted by molar-refractivity contribution is 0.470. The Morgan fingerprint density at radius 3 is 2.67 bits per heavy atom. The maximum absolute atomic E-state index is 10.0. The highest BCUT2D eigenvalue weighted by molar-refractivity contribution is 5.75. The SMILES string of the molecule is Cc1c(O)ccc(Nc2nc(NCCc3ccncc3)ncc2-c2nnc(C3CC3)o2)c1C. The van der Waals surface area contributed by atoms with E-state index in [-0.39, 0.29) is 5.75 Å². The monoisotopic (exact) mass is 443 g/mol. The molecule has 0 spiro atoms. The van der Waals surface area contributed by atoms with Crippen LogP contribution in [0.25, 0.3) is 11.5 Å². The van der Waals surface area contributed by atoms with Gasteiger partial charge in [-0.2, -0.15) is 4.98 Å². The van der Waals surface area contributed by atoms with Crippen LogP contribution < -0.4 is 10.6 Å². The fourth-order valence-corrected chi connectivity index (χ4v) is 3.49. The zero-order valence-electron chi connectivity index (χ0n) is 18.5. The van der Waals surface area contributed by atoms with Crippen molar-refractivity contribution in [2.45, 2.75) is 39.0 Å². The molecule has 0 amide bonds. The molecule has 0 radical (unpaired) electrons. The molecule has 0 saturated heterocycles. The van der Waals surface area contributed by atoms with Gasteiger partial charge in [-0.3, -0.25) is 4.98 Å². The van der Waals surface area contributed by atoms with Gasteiger partial charge in [-0.05, 0) is 74.1 Å². The molecule has 0 bridgehead atoms. The number of pyridine rings is 1. The molecular formula is C24H25N7O2. The summed E-state index contributed by atoms with van der Waals surface area (Å²) in [6.07, 6.45) is 8.24. The van der Waals surface area contributed by atoms with E-state index in [0.717, 1.165) is 36.1 Å². The first-order valence-corrected chi connectivity index (χ1v) is 11.0. The zero-order valence-corrected chi connectivity index (χ0v) is 18.5. The fourth-order valence-electron chi connectivity index (χ4n) is 3.49. The maximum atomic E-state index is 10.0. The summed E-state index contributed by atoms with van der Waals surface area (Å²) < 4.78 is 5.92. The van der Waals surface area contributed by atoms with Crippen molar-refractivity contribution in [2.75, 3.05) is 17.2 Å². The smallest absolute Gasteiger partial charge is 0.253 e. The number of hydrogen-bond donors (Lipinski definition) is 3. The van der Waals surface area contributed by atoms with Crippen LogP contribution in [0, 0.1) is 13.8 Å². The Morgan fingerprint density at radius 1 is 1.06 bits per heavy atom. The molecule has 3 N–H and O–H groups in total. The van der Waals surface area contributed by atoms with Gasteiger partial charge in [-0.1, -0.05) is 0 Å². The summed E-state index contributed by atoms with van der Waals surface area (Å²) in [5, 5.41) is 25.1. The molecule has 33 heavy (non-hydrogen) atoms. The van der Waals surface area contributed by atoms with Crippen LogP contribution in [0.1, 0.15) is 41.3 Å². The van der Waals surface area contributed by atoms with Crippen LogP contribution in [0.3, 0.4) is 0 Å². The first-order chi connectivity index (χ1) is 16.1. The molecule has 3 heterocycles. The number of phenols is 1. The molecule has 1 aliphatic rings. The standard InChI is InChI=1S/C24H25N7O2/c1-14-15(2)20(32)6-5-19(14)28-21-18(23-31-30-22(33-23)17-3-4-17)13-27-24(29-21)26-12-9-16-7-10-25-11-8-16/h5-8,10-11,13,17,32H,3-4,9,12H2,1-2H3,(H2,26,27,28,29). The van der Waals surface area contributed by atoms with Crippen molar-refractivity contribution in [3.63, 3.8) is 0 Å². The van der Waals surface area contributed by atoms with Gasteiger partial charge in [-0.25, -0.2) is 4.98 Å². The minimum atomic E-state index is 0.255. The van der Waals surface area contributed by atoms with Crippen LogP contribution >= 0.6 is 0 Å². The molecule has 0 unspecified atom stereocenters. The highest BCUT2D eigenvalue weighted by Gasteiger charge is 2.30. The van der Waals surface area contributed by atoms with Crippen LogP contribution in [0.4, 0.5) is 17.5 Å². The molecule has 1 saturated carbocycles. The summed E-state index contributed by atoms with van der Waals surface area (Å²) in [6.45, 7) is 4.50. The minimum absolute atomic E-state index is 0.255. The second kappa shape index (κ2) is 8.85. The van der Waals surface area contributed by atoms with Crippen molar-refractivity contribution in [1.82, 2.24) is 25.1 Å². The van der Waals surface area contributed by atoms with Gasteiger partial charge in [0.15, 0.2) is 0 Å². The van der Waals surface area contributed by atoms with E-state index in [1.165, 1.54) is 5.56 Å². The molecule has 5 rings (SSSR count). The predicted octanol–water partition coefficient (Wildman–Crippen LogP) is 4.52. The van der Waals surface area contributed by atoms with Gasteiger partial charge in [0.05, 0.1) is 0 Å². The van der Waals surface area contributed by atoms with Gasteiger partial charge in [0.2, 0.25) is 11.8 Å². The lowest BCUT2D eigenvalue weighted by Gasteiger charge is -2.15. The van der Waals surface area contributed by atoms with Crippen LogP contribution in [0.5, 0.6) is 5.75 Å². The van der Waals surface area contributed by atoms with Gasteiger partial charge in [-0.15, -0.1) is 10.2 Å². The number of anilines is 3. The summed E-state index contributed by atoms with van der Waals surface area (Å²) in [7, 11) is 0. The highest BCUT2D eigenvalue weighted by Crippen LogP contribution is 2.40. The van der Waals surface area contributed by atoms with Crippen molar-refractivity contribution < 1.29 is 9.52 Å². The number of phenolic OH excluding ortho intramolecular Hbond substituents is 1. The van der Waals surface area contributed by atoms with Gasteiger partial charge in [0.25, 0.3) is 5.89 Å². The summed E-state index contributed by atoms with van der Waals surface area (Å²) in [5.41, 5.74) is 4.37. The summed E-state index contributed by atoms with van der Waals surface area (Å²) in [5.74, 6) is 2.70. The molecule has 4 aromatic rings. The molecule has 1 fully saturated rings. The molecule has 9 nitrogen and oxygen atoms in total. The third-order valence-corrected chi connectivity index (χ3v) is 5.84. The van der Waals surface area contributed by atoms with Gasteiger partial charge in [0.1, 0.15) is 17.1 Å². The van der Waals surface area contributed by atoms with E-state index in [4.69, 9.17) is 9.40 Å². The van der Waals surface area contributed by atoms with Crippen LogP contribution in [-0.2, 0) is 6.42 Å². The Kier molecular flexibility index (Phi) is 5.60. The molecule has 1 aromatic carbocycles. The number of aromatic nitrogens is 5. The average Bonchev–Trinajstić information content (AvgIpc) is 3.57. The van der Waals surface area contributed by atoms with Crippen molar-refractivity contribution in [3.8, 4) is 17.2 Å². The first-order valence-electron chi connectivity index (χ1n) is 11.0. The molecule has 0 aliphatic heterocycles. The Morgan fingerprint density at radius 2 is 1.88 bits per heavy atom. The number of nitrogens with zero attached hydrogens (tertiary/aromatic N) is 5. The van der Waals surface area contributed by atoms with E-state index in [1.807, 2.05) is 32.0 Å². The van der Waals surface area contributed by atoms with Gasteiger partial charge in [0, 0.05) is 36.7 Å². The van der Waals surface area contributed by atoms with E-state index < -0.39 is 0 Å². The van der Waals surface area contributed by atoms with Gasteiger partial charge >= 0.3 is 0 Å². The van der Waals surface area contributed by atoms with Gasteiger partial charge < -0.3 is 20.2 Å². The Bertz CT molecular complexity index is 1270. The Hall–Kier alpha value is -4.01. The van der Waals surface area contributed by atoms with Crippen LogP contribution in [0.2, 0.25) is 0 Å². The number of rotatable bonds is 8. The normalized spacial score (nSPS) is 13.2. The second-order valence-electron chi connectivity index (χ2n) is 8.22. The first kappa shape index (κ1) is 20.9. The van der Waals surface area contributed by atoms with E-state index >= 15 is 0 Å². The highest BCUT2D eigenvalue weighted by atomic mass is 16.4. The fraction of sp³-hybridized carbons (Fsp3) is 0.292. The van der Waals surface area contributed by atoms with E-state index in [1.54, 1.807) is 24.7 Å². The van der Waals surface area contributed by atoms with Crippen molar-refractivity contribution in [1.29, 1.82) is 0 Å². The topological polar surface area (TPSA) is 122 Å². The van der Waals surface area contributed by atoms with E-state index in [9.17, 15) is 5.11 Å². The van der Waals surface area contributed by atoms with Crippen LogP contribution in [0.15, 0.2) is 47.3 Å². The molecule has 3 aromatic heterocycles. The number of hydrogen-bond acceptors (Lipinski definition) is 9. The summed E-state index contributed by atoms with van der Waals surface area (Å²) in [6, 6.07) is 7.46. The molecular weight excluding hydrogens is 418 g/mol. The lowest BCUT2D eigenvalue weighted by atomic mass is 10.1. The molecule has 0 atom stereocenters. The van der Waals surface area contributed by atoms with Crippen molar-refractivity contribution in [2.24, 2.45) is 0 Å². The summed E-state index contributed by atoms with van der Waals surface area (Å²) >= 11 is 0. The molecule has 1 aliphatic carbocycles. The second-order valence-corrected chi connectivity index (χ2v) is 8.22. The third-order valence-electron chi connectivity index (χ3n) is 5.84. The zero-order chi connectivity index (χ0) is 22.8. The number of nitrogens with one attached hydrogen (secondary N) is 2. The minimum Gasteiger partial charge on any atom is -0.508 e. The quantitative estimate of drug-likeness (QED) is 0.337. The maximum Gasteiger partial charge on any atom is 0.253 e. The van der Waals surface area contributed by atoms with Crippen molar-refractivity contribution in [3.05, 3.63) is 65.4 Å². The van der Waals surface area contributed by atoms with E-state index in [0.29, 0.717) is 41.6 Å². The van der Waals surface area contributed by atoms with Crippen LogP contribution in [-0.4, -0.2) is 36.8 Å². The third kappa shape index (κ3) is 4.62. The largest absolute Gasteiger partial charge is 0.508 e. The predicted molar refractivity (Wildman–Crippen MR) is 125 cm³/mol. The average molecular weight is 444 g/mol. The summed E-state index contributed by atoms with van der Waals surface area (Å²) in [4.78, 5) is 13.2. The number of aromatic hydroxyl groups is 1. The molecule has 9 heteroatoms. The Labute approximate surface area is 191 Å². The van der Waals surface area contributed by atoms with E-state index in [2.05, 4.69) is 30.8 Å². The molecule has 168 valence electrons. The van der Waals surface area contributed by atoms with Crippen molar-refractivity contribution >= 4 is 17.5 Å². The Balaban J connectivity index is 1.43. The number of benzene rings is 1.